The Hall–Kier alpha value is -3.70. The minimum Gasteiger partial charge on any atom is -0.479 e. The van der Waals surface area contributed by atoms with E-state index >= 15 is 0 Å². The molecule has 1 amide bonds. The zero-order chi connectivity index (χ0) is 22.8. The SMILES string of the molecule is O=C(N[C@@H](c1ccc(C(F)(F)F)cc1)c1ncccc1C(F)(F)F)c1cnc(O)nc1. The Morgan fingerprint density at radius 1 is 0.903 bits per heavy atom. The molecule has 0 radical (unpaired) electrons. The summed E-state index contributed by atoms with van der Waals surface area (Å²) in [6.45, 7) is 0. The molecule has 0 spiro atoms. The maximum absolute atomic E-state index is 13.5. The number of nitrogens with one attached hydrogen (secondary N) is 1. The standard InChI is InChI=1S/C19H12F6N4O2/c20-18(21,22)12-5-3-10(4-6-12)14(15-13(19(23,24)25)2-1-7-26-15)29-16(30)11-8-27-17(31)28-9-11/h1-9,14H,(H,29,30)(H,27,28,31)/t14-/m0/s1. The fourth-order valence-corrected chi connectivity index (χ4v) is 2.71. The Kier molecular flexibility index (Phi) is 5.82. The van der Waals surface area contributed by atoms with Crippen LogP contribution >= 0.6 is 0 Å². The van der Waals surface area contributed by atoms with Crippen LogP contribution in [0.2, 0.25) is 0 Å². The highest BCUT2D eigenvalue weighted by Gasteiger charge is 2.37. The van der Waals surface area contributed by atoms with Crippen LogP contribution in [-0.2, 0) is 12.4 Å². The number of alkyl halides is 6. The number of halogens is 6. The molecule has 1 aromatic carbocycles. The van der Waals surface area contributed by atoms with Crippen molar-refractivity contribution in [1.82, 2.24) is 20.3 Å². The number of rotatable bonds is 4. The van der Waals surface area contributed by atoms with Gasteiger partial charge < -0.3 is 10.4 Å². The number of aromatic nitrogens is 3. The first-order valence-electron chi connectivity index (χ1n) is 8.48. The van der Waals surface area contributed by atoms with Crippen molar-refractivity contribution >= 4 is 5.91 Å². The van der Waals surface area contributed by atoms with E-state index in [4.69, 9.17) is 5.11 Å². The van der Waals surface area contributed by atoms with Crippen molar-refractivity contribution in [3.63, 3.8) is 0 Å². The average molecular weight is 442 g/mol. The van der Waals surface area contributed by atoms with Crippen molar-refractivity contribution in [2.24, 2.45) is 0 Å². The molecule has 0 aliphatic carbocycles. The fraction of sp³-hybridized carbons (Fsp3) is 0.158. The molecule has 6 nitrogen and oxygen atoms in total. The Balaban J connectivity index is 2.07. The number of pyridine rings is 1. The van der Waals surface area contributed by atoms with Crippen LogP contribution in [0, 0.1) is 0 Å². The summed E-state index contributed by atoms with van der Waals surface area (Å²) in [7, 11) is 0. The van der Waals surface area contributed by atoms with Gasteiger partial charge in [-0.25, -0.2) is 9.97 Å². The summed E-state index contributed by atoms with van der Waals surface area (Å²) in [5, 5.41) is 11.4. The van der Waals surface area contributed by atoms with E-state index in [-0.39, 0.29) is 11.1 Å². The molecular formula is C19H12F6N4O2. The molecule has 0 bridgehead atoms. The second-order valence-electron chi connectivity index (χ2n) is 6.23. The number of amides is 1. The van der Waals surface area contributed by atoms with E-state index in [9.17, 15) is 31.1 Å². The third-order valence-electron chi connectivity index (χ3n) is 4.16. The van der Waals surface area contributed by atoms with Crippen LogP contribution in [0.1, 0.15) is 38.8 Å². The van der Waals surface area contributed by atoms with Gasteiger partial charge in [-0.2, -0.15) is 26.3 Å². The van der Waals surface area contributed by atoms with E-state index in [1.54, 1.807) is 0 Å². The summed E-state index contributed by atoms with van der Waals surface area (Å²) < 4.78 is 79.1. The average Bonchev–Trinajstić information content (AvgIpc) is 2.71. The number of carbonyl (C=O) groups is 1. The number of nitrogens with zero attached hydrogens (tertiary/aromatic N) is 3. The van der Waals surface area contributed by atoms with Gasteiger partial charge in [-0.1, -0.05) is 12.1 Å². The normalized spacial score (nSPS) is 13.0. The van der Waals surface area contributed by atoms with Gasteiger partial charge in [0.1, 0.15) is 0 Å². The first-order valence-corrected chi connectivity index (χ1v) is 8.48. The fourth-order valence-electron chi connectivity index (χ4n) is 2.71. The molecule has 0 fully saturated rings. The van der Waals surface area contributed by atoms with E-state index in [1.807, 2.05) is 0 Å². The topological polar surface area (TPSA) is 88.0 Å². The van der Waals surface area contributed by atoms with Crippen LogP contribution in [-0.4, -0.2) is 26.0 Å². The van der Waals surface area contributed by atoms with Crippen LogP contribution < -0.4 is 5.32 Å². The predicted molar refractivity (Wildman–Crippen MR) is 93.7 cm³/mol. The lowest BCUT2D eigenvalue weighted by Crippen LogP contribution is -2.32. The van der Waals surface area contributed by atoms with Gasteiger partial charge in [-0.15, -0.1) is 0 Å². The number of hydrogen-bond acceptors (Lipinski definition) is 5. The predicted octanol–water partition coefficient (Wildman–Crippen LogP) is 4.13. The van der Waals surface area contributed by atoms with Gasteiger partial charge in [0.05, 0.1) is 28.4 Å². The van der Waals surface area contributed by atoms with Crippen molar-refractivity contribution in [3.8, 4) is 6.01 Å². The molecule has 0 saturated heterocycles. The molecule has 31 heavy (non-hydrogen) atoms. The molecule has 0 unspecified atom stereocenters. The minimum absolute atomic E-state index is 0.0646. The van der Waals surface area contributed by atoms with Crippen LogP contribution in [0.4, 0.5) is 26.3 Å². The van der Waals surface area contributed by atoms with E-state index in [0.717, 1.165) is 42.9 Å². The van der Waals surface area contributed by atoms with Gasteiger partial charge >= 0.3 is 18.4 Å². The van der Waals surface area contributed by atoms with E-state index < -0.39 is 47.1 Å². The highest BCUT2D eigenvalue weighted by atomic mass is 19.4. The molecule has 2 aromatic heterocycles. The largest absolute Gasteiger partial charge is 0.479 e. The lowest BCUT2D eigenvalue weighted by atomic mass is 9.97. The Bertz CT molecular complexity index is 1070. The zero-order valence-electron chi connectivity index (χ0n) is 15.2. The Labute approximate surface area is 170 Å². The molecule has 1 atom stereocenters. The molecule has 3 aromatic rings. The molecular weight excluding hydrogens is 430 g/mol. The molecule has 3 rings (SSSR count). The van der Waals surface area contributed by atoms with Gasteiger partial charge in [0, 0.05) is 18.6 Å². The summed E-state index contributed by atoms with van der Waals surface area (Å²) in [6, 6.07) is 2.91. The lowest BCUT2D eigenvalue weighted by Gasteiger charge is -2.22. The first kappa shape index (κ1) is 22.0. The maximum atomic E-state index is 13.5. The molecule has 0 aliphatic heterocycles. The lowest BCUT2D eigenvalue weighted by molar-refractivity contribution is -0.139. The monoisotopic (exact) mass is 442 g/mol. The second kappa shape index (κ2) is 8.20. The molecule has 12 heteroatoms. The van der Waals surface area contributed by atoms with Crippen LogP contribution in [0.25, 0.3) is 0 Å². The molecule has 0 aliphatic rings. The third-order valence-corrected chi connectivity index (χ3v) is 4.16. The summed E-state index contributed by atoms with van der Waals surface area (Å²) in [6.07, 6.45) is -6.55. The number of benzene rings is 1. The van der Waals surface area contributed by atoms with Gasteiger partial charge in [0.2, 0.25) is 0 Å². The minimum atomic E-state index is -4.83. The van der Waals surface area contributed by atoms with Crippen molar-refractivity contribution in [3.05, 3.63) is 82.9 Å². The van der Waals surface area contributed by atoms with E-state index in [0.29, 0.717) is 12.1 Å². The first-order chi connectivity index (χ1) is 14.5. The number of hydrogen-bond donors (Lipinski definition) is 2. The summed E-state index contributed by atoms with van der Waals surface area (Å²) in [5.74, 6) is -0.927. The van der Waals surface area contributed by atoms with E-state index in [2.05, 4.69) is 20.3 Å². The molecule has 0 saturated carbocycles. The van der Waals surface area contributed by atoms with E-state index in [1.165, 1.54) is 0 Å². The van der Waals surface area contributed by atoms with Crippen molar-refractivity contribution in [2.75, 3.05) is 0 Å². The third kappa shape index (κ3) is 5.08. The van der Waals surface area contributed by atoms with Gasteiger partial charge in [0.15, 0.2) is 0 Å². The van der Waals surface area contributed by atoms with Crippen molar-refractivity contribution in [1.29, 1.82) is 0 Å². The summed E-state index contributed by atoms with van der Waals surface area (Å²) >= 11 is 0. The Morgan fingerprint density at radius 2 is 1.52 bits per heavy atom. The van der Waals surface area contributed by atoms with Crippen LogP contribution in [0.3, 0.4) is 0 Å². The molecule has 2 N–H and O–H groups in total. The van der Waals surface area contributed by atoms with Gasteiger partial charge in [-0.3, -0.25) is 9.78 Å². The highest BCUT2D eigenvalue weighted by Crippen LogP contribution is 2.36. The Morgan fingerprint density at radius 3 is 2.06 bits per heavy atom. The quantitative estimate of drug-likeness (QED) is 0.594. The van der Waals surface area contributed by atoms with Crippen molar-refractivity contribution < 1.29 is 36.2 Å². The molecule has 2 heterocycles. The van der Waals surface area contributed by atoms with Crippen LogP contribution in [0.15, 0.2) is 55.0 Å². The maximum Gasteiger partial charge on any atom is 0.418 e. The van der Waals surface area contributed by atoms with Crippen molar-refractivity contribution in [2.45, 2.75) is 18.4 Å². The van der Waals surface area contributed by atoms with Gasteiger partial charge in [-0.05, 0) is 29.8 Å². The zero-order valence-corrected chi connectivity index (χ0v) is 15.2. The number of aromatic hydroxyl groups is 1. The highest BCUT2D eigenvalue weighted by molar-refractivity contribution is 5.94. The van der Waals surface area contributed by atoms with Crippen LogP contribution in [0.5, 0.6) is 6.01 Å². The molecule has 162 valence electrons. The second-order valence-corrected chi connectivity index (χ2v) is 6.23. The summed E-state index contributed by atoms with van der Waals surface area (Å²) in [4.78, 5) is 23.1. The number of carbonyl (C=O) groups excluding carboxylic acids is 1. The summed E-state index contributed by atoms with van der Waals surface area (Å²) in [5.41, 5.74) is -3.04. The van der Waals surface area contributed by atoms with Gasteiger partial charge in [0.25, 0.3) is 5.91 Å². The smallest absolute Gasteiger partial charge is 0.418 e.